The number of amides is 1. The van der Waals surface area contributed by atoms with Crippen molar-refractivity contribution in [3.63, 3.8) is 0 Å². The molecule has 0 aliphatic rings. The minimum Gasteiger partial charge on any atom is -0.346 e. The number of nitrogens with one attached hydrogen (secondary N) is 1. The van der Waals surface area contributed by atoms with E-state index in [1.807, 2.05) is 37.4 Å². The number of nitriles is 1. The summed E-state index contributed by atoms with van der Waals surface area (Å²) in [6, 6.07) is 14.3. The molecule has 1 aromatic carbocycles. The molecule has 1 unspecified atom stereocenters. The number of halogens is 1. The second-order valence-corrected chi connectivity index (χ2v) is 7.37. The summed E-state index contributed by atoms with van der Waals surface area (Å²) < 4.78 is 3.36. The van der Waals surface area contributed by atoms with Gasteiger partial charge in [-0.25, -0.2) is 4.68 Å². The first-order valence-corrected chi connectivity index (χ1v) is 9.91. The molecule has 0 spiro atoms. The fourth-order valence-electron chi connectivity index (χ4n) is 3.08. The maximum atomic E-state index is 12.5. The minimum absolute atomic E-state index is 0.173. The summed E-state index contributed by atoms with van der Waals surface area (Å²) in [4.78, 5) is 16.6. The highest BCUT2D eigenvalue weighted by molar-refractivity contribution is 6.32. The van der Waals surface area contributed by atoms with E-state index in [0.717, 1.165) is 16.9 Å². The highest BCUT2D eigenvalue weighted by Crippen LogP contribution is 2.24. The lowest BCUT2D eigenvalue weighted by molar-refractivity contribution is 0.0930. The van der Waals surface area contributed by atoms with Gasteiger partial charge in [0.2, 0.25) is 0 Å². The smallest absolute Gasteiger partial charge is 0.272 e. The molecule has 1 N–H and O–H groups in total. The molecule has 3 heterocycles. The maximum Gasteiger partial charge on any atom is 0.272 e. The monoisotopic (exact) mass is 431 g/mol. The van der Waals surface area contributed by atoms with E-state index in [2.05, 4.69) is 20.5 Å². The number of carbonyl (C=O) groups is 1. The number of benzene rings is 1. The van der Waals surface area contributed by atoms with E-state index in [1.165, 1.54) is 0 Å². The molecule has 31 heavy (non-hydrogen) atoms. The molecule has 8 nitrogen and oxygen atoms in total. The molecule has 3 aromatic heterocycles. The Morgan fingerprint density at radius 1 is 1.23 bits per heavy atom. The van der Waals surface area contributed by atoms with E-state index in [9.17, 15) is 4.79 Å². The summed E-state index contributed by atoms with van der Waals surface area (Å²) in [6.07, 6.45) is 6.91. The van der Waals surface area contributed by atoms with Crippen molar-refractivity contribution >= 4 is 17.5 Å². The summed E-state index contributed by atoms with van der Waals surface area (Å²) in [5, 5.41) is 21.2. The van der Waals surface area contributed by atoms with Crippen molar-refractivity contribution in [1.82, 2.24) is 29.9 Å². The first-order valence-electron chi connectivity index (χ1n) is 9.54. The molecule has 154 valence electrons. The van der Waals surface area contributed by atoms with Crippen LogP contribution in [0.15, 0.2) is 67.3 Å². The standard InChI is InChI=1S/C22H18ClN7O/c1-15(26-22(31)21-7-10-30(28-21)18-3-2-8-25-13-18)14-29-9-6-20(27-29)16-4-5-17(12-24)19(23)11-16/h2-11,13,15H,14H2,1H3,(H,26,31). The molecule has 1 amide bonds. The Bertz CT molecular complexity index is 1260. The van der Waals surface area contributed by atoms with E-state index in [0.29, 0.717) is 22.8 Å². The van der Waals surface area contributed by atoms with Crippen molar-refractivity contribution < 1.29 is 4.79 Å². The summed E-state index contributed by atoms with van der Waals surface area (Å²) in [5.74, 6) is -0.263. The zero-order valence-electron chi connectivity index (χ0n) is 16.6. The average molecular weight is 432 g/mol. The molecular weight excluding hydrogens is 414 g/mol. The lowest BCUT2D eigenvalue weighted by Gasteiger charge is -2.13. The van der Waals surface area contributed by atoms with Gasteiger partial charge in [0.15, 0.2) is 5.69 Å². The molecule has 4 aromatic rings. The van der Waals surface area contributed by atoms with E-state index >= 15 is 0 Å². The summed E-state index contributed by atoms with van der Waals surface area (Å²) in [5.41, 5.74) is 3.08. The van der Waals surface area contributed by atoms with E-state index in [4.69, 9.17) is 16.9 Å². The number of nitrogens with zero attached hydrogens (tertiary/aromatic N) is 6. The van der Waals surface area contributed by atoms with Crippen LogP contribution < -0.4 is 5.32 Å². The van der Waals surface area contributed by atoms with E-state index in [-0.39, 0.29) is 11.9 Å². The zero-order chi connectivity index (χ0) is 21.8. The number of pyridine rings is 1. The summed E-state index contributed by atoms with van der Waals surface area (Å²) in [7, 11) is 0. The molecule has 0 saturated carbocycles. The second-order valence-electron chi connectivity index (χ2n) is 6.96. The molecule has 0 aliphatic carbocycles. The highest BCUT2D eigenvalue weighted by atomic mass is 35.5. The van der Waals surface area contributed by atoms with Crippen molar-refractivity contribution in [2.45, 2.75) is 19.5 Å². The van der Waals surface area contributed by atoms with Gasteiger partial charge in [0.25, 0.3) is 5.91 Å². The van der Waals surface area contributed by atoms with Crippen molar-refractivity contribution in [1.29, 1.82) is 5.26 Å². The van der Waals surface area contributed by atoms with Crippen LogP contribution in [0.25, 0.3) is 16.9 Å². The Balaban J connectivity index is 1.39. The zero-order valence-corrected chi connectivity index (χ0v) is 17.4. The number of carbonyl (C=O) groups excluding carboxylic acids is 1. The Kier molecular flexibility index (Phi) is 5.78. The van der Waals surface area contributed by atoms with Crippen LogP contribution in [0.5, 0.6) is 0 Å². The molecule has 1 atom stereocenters. The topological polar surface area (TPSA) is 101 Å². The van der Waals surface area contributed by atoms with Gasteiger partial charge in [0, 0.05) is 30.2 Å². The van der Waals surface area contributed by atoms with Gasteiger partial charge in [-0.05, 0) is 43.3 Å². The Morgan fingerprint density at radius 2 is 2.10 bits per heavy atom. The van der Waals surface area contributed by atoms with Crippen LogP contribution in [-0.2, 0) is 6.54 Å². The first-order chi connectivity index (χ1) is 15.0. The third-order valence-corrected chi connectivity index (χ3v) is 4.91. The Morgan fingerprint density at radius 3 is 2.84 bits per heavy atom. The fourth-order valence-corrected chi connectivity index (χ4v) is 3.31. The van der Waals surface area contributed by atoms with Crippen molar-refractivity contribution in [3.8, 4) is 23.0 Å². The molecule has 9 heteroatoms. The van der Waals surface area contributed by atoms with Crippen LogP contribution in [0, 0.1) is 11.3 Å². The van der Waals surface area contributed by atoms with Gasteiger partial charge in [-0.3, -0.25) is 14.5 Å². The molecule has 0 radical (unpaired) electrons. The minimum atomic E-state index is -0.263. The number of rotatable bonds is 6. The van der Waals surface area contributed by atoms with Crippen LogP contribution in [-0.4, -0.2) is 36.5 Å². The van der Waals surface area contributed by atoms with Crippen molar-refractivity contribution in [2.75, 3.05) is 0 Å². The Hall–Kier alpha value is -3.96. The summed E-state index contributed by atoms with van der Waals surface area (Å²) in [6.45, 7) is 2.38. The molecular formula is C22H18ClN7O. The normalized spacial score (nSPS) is 11.6. The van der Waals surface area contributed by atoms with Gasteiger partial charge in [0.1, 0.15) is 6.07 Å². The molecule has 4 rings (SSSR count). The molecule has 0 bridgehead atoms. The van der Waals surface area contributed by atoms with Gasteiger partial charge in [-0.1, -0.05) is 17.7 Å². The van der Waals surface area contributed by atoms with Crippen LogP contribution in [0.3, 0.4) is 0 Å². The lowest BCUT2D eigenvalue weighted by Crippen LogP contribution is -2.36. The lowest BCUT2D eigenvalue weighted by atomic mass is 10.1. The van der Waals surface area contributed by atoms with Crippen LogP contribution in [0.2, 0.25) is 5.02 Å². The fraction of sp³-hybridized carbons (Fsp3) is 0.136. The van der Waals surface area contributed by atoms with Crippen LogP contribution >= 0.6 is 11.6 Å². The van der Waals surface area contributed by atoms with E-state index < -0.39 is 0 Å². The van der Waals surface area contributed by atoms with Crippen molar-refractivity contribution in [3.05, 3.63) is 83.5 Å². The number of hydrogen-bond donors (Lipinski definition) is 1. The maximum absolute atomic E-state index is 12.5. The van der Waals surface area contributed by atoms with Gasteiger partial charge in [0.05, 0.1) is 34.7 Å². The average Bonchev–Trinajstić information content (AvgIpc) is 3.44. The van der Waals surface area contributed by atoms with Crippen LogP contribution in [0.1, 0.15) is 23.0 Å². The quantitative estimate of drug-likeness (QED) is 0.503. The Labute approximate surface area is 183 Å². The van der Waals surface area contributed by atoms with Crippen LogP contribution in [0.4, 0.5) is 0 Å². The highest BCUT2D eigenvalue weighted by Gasteiger charge is 2.14. The number of hydrogen-bond acceptors (Lipinski definition) is 5. The predicted octanol–water partition coefficient (Wildman–Crippen LogP) is 3.47. The third kappa shape index (κ3) is 4.63. The molecule has 0 saturated heterocycles. The van der Waals surface area contributed by atoms with Gasteiger partial charge < -0.3 is 5.32 Å². The van der Waals surface area contributed by atoms with Gasteiger partial charge in [-0.15, -0.1) is 0 Å². The SMILES string of the molecule is CC(Cn1ccc(-c2ccc(C#N)c(Cl)c2)n1)NC(=O)c1ccn(-c2cccnc2)n1. The number of aromatic nitrogens is 5. The van der Waals surface area contributed by atoms with Crippen molar-refractivity contribution in [2.24, 2.45) is 0 Å². The predicted molar refractivity (Wildman–Crippen MR) is 116 cm³/mol. The third-order valence-electron chi connectivity index (χ3n) is 4.60. The van der Waals surface area contributed by atoms with Gasteiger partial charge in [-0.2, -0.15) is 15.5 Å². The van der Waals surface area contributed by atoms with E-state index in [1.54, 1.807) is 52.2 Å². The summed E-state index contributed by atoms with van der Waals surface area (Å²) >= 11 is 6.11. The molecule has 0 fully saturated rings. The second kappa shape index (κ2) is 8.81. The first kappa shape index (κ1) is 20.3. The largest absolute Gasteiger partial charge is 0.346 e. The van der Waals surface area contributed by atoms with Gasteiger partial charge >= 0.3 is 0 Å². The molecule has 0 aliphatic heterocycles.